The highest BCUT2D eigenvalue weighted by molar-refractivity contribution is 7.92. The minimum atomic E-state index is -4.57. The summed E-state index contributed by atoms with van der Waals surface area (Å²) in [5, 5.41) is 2.47. The van der Waals surface area contributed by atoms with Crippen molar-refractivity contribution < 1.29 is 39.9 Å². The van der Waals surface area contributed by atoms with Crippen molar-refractivity contribution in [3.8, 4) is 5.75 Å². The molecule has 0 aliphatic heterocycles. The van der Waals surface area contributed by atoms with E-state index >= 15 is 0 Å². The number of ether oxygens (including phenoxy) is 1. The van der Waals surface area contributed by atoms with E-state index in [1.807, 2.05) is 0 Å². The minimum absolute atomic E-state index is 0.0224. The lowest BCUT2D eigenvalue weighted by Crippen LogP contribution is -2.25. The molecule has 2 N–H and O–H groups in total. The van der Waals surface area contributed by atoms with Gasteiger partial charge in [-0.15, -0.1) is 0 Å². The van der Waals surface area contributed by atoms with Crippen LogP contribution in [-0.2, 0) is 21.0 Å². The Kier molecular flexibility index (Phi) is 8.30. The Balaban J connectivity index is 2.20. The van der Waals surface area contributed by atoms with Crippen LogP contribution in [-0.4, -0.2) is 26.7 Å². The van der Waals surface area contributed by atoms with Gasteiger partial charge >= 0.3 is 6.18 Å². The topological polar surface area (TPSA) is 84.5 Å². The second-order valence-corrected chi connectivity index (χ2v) is 9.46. The highest BCUT2D eigenvalue weighted by atomic mass is 32.2. The van der Waals surface area contributed by atoms with Gasteiger partial charge in [-0.25, -0.2) is 17.2 Å². The van der Waals surface area contributed by atoms with Crippen molar-refractivity contribution in [2.24, 2.45) is 0 Å². The summed E-state index contributed by atoms with van der Waals surface area (Å²) in [5.74, 6) is -3.10. The summed E-state index contributed by atoms with van der Waals surface area (Å²) in [7, 11) is -3.91. The fourth-order valence-electron chi connectivity index (χ4n) is 2.84. The van der Waals surface area contributed by atoms with Crippen LogP contribution in [0.4, 0.5) is 27.6 Å². The van der Waals surface area contributed by atoms with Crippen LogP contribution in [0.1, 0.15) is 43.5 Å². The third-order valence-corrected chi connectivity index (χ3v) is 4.90. The summed E-state index contributed by atoms with van der Waals surface area (Å²) in [6, 6.07) is 3.70. The number of hydrogen-bond acceptors (Lipinski definition) is 4. The molecule has 0 aromatic heterocycles. The average molecular weight is 506 g/mol. The Hall–Kier alpha value is -3.15. The second kappa shape index (κ2) is 10.4. The highest BCUT2D eigenvalue weighted by Gasteiger charge is 2.31. The molecule has 0 spiro atoms. The van der Waals surface area contributed by atoms with Crippen LogP contribution in [0.2, 0.25) is 0 Å². The Bertz CT molecular complexity index is 1170. The van der Waals surface area contributed by atoms with Crippen molar-refractivity contribution in [1.29, 1.82) is 0 Å². The molecule has 6 nitrogen and oxygen atoms in total. The lowest BCUT2D eigenvalue weighted by molar-refractivity contribution is -0.137. The van der Waals surface area contributed by atoms with Gasteiger partial charge in [0.05, 0.1) is 24.0 Å². The van der Waals surface area contributed by atoms with E-state index in [-0.39, 0.29) is 16.9 Å². The van der Waals surface area contributed by atoms with Crippen LogP contribution in [0.25, 0.3) is 6.08 Å². The van der Waals surface area contributed by atoms with Crippen molar-refractivity contribution in [1.82, 2.24) is 5.32 Å². The SMILES string of the molecule is CC(C)Oc1cc(C(F)(F)F)ccc1/C=C\C(=O)N[C@H](C)c1cc(F)c(NS(C)(=O)=O)c(F)c1. The van der Waals surface area contributed by atoms with Crippen molar-refractivity contribution in [3.63, 3.8) is 0 Å². The van der Waals surface area contributed by atoms with Crippen LogP contribution in [0.5, 0.6) is 5.75 Å². The molecule has 34 heavy (non-hydrogen) atoms. The van der Waals surface area contributed by atoms with Crippen LogP contribution in [0.15, 0.2) is 36.4 Å². The molecule has 0 heterocycles. The fraction of sp³-hybridized carbons (Fsp3) is 0.318. The Morgan fingerprint density at radius 3 is 2.15 bits per heavy atom. The monoisotopic (exact) mass is 506 g/mol. The first-order valence-corrected chi connectivity index (χ1v) is 11.8. The van der Waals surface area contributed by atoms with Crippen LogP contribution in [0.3, 0.4) is 0 Å². The molecule has 0 unspecified atom stereocenters. The maximum Gasteiger partial charge on any atom is 0.416 e. The van der Waals surface area contributed by atoms with Gasteiger partial charge in [0, 0.05) is 11.6 Å². The molecule has 0 radical (unpaired) electrons. The van der Waals surface area contributed by atoms with Crippen molar-refractivity contribution >= 4 is 27.7 Å². The van der Waals surface area contributed by atoms with Crippen LogP contribution < -0.4 is 14.8 Å². The maximum atomic E-state index is 14.2. The van der Waals surface area contributed by atoms with Gasteiger partial charge in [-0.2, -0.15) is 13.2 Å². The van der Waals surface area contributed by atoms with Crippen LogP contribution >= 0.6 is 0 Å². The molecule has 12 heteroatoms. The molecule has 2 rings (SSSR count). The largest absolute Gasteiger partial charge is 0.490 e. The number of halogens is 5. The average Bonchev–Trinajstić information content (AvgIpc) is 2.67. The molecule has 2 aromatic rings. The minimum Gasteiger partial charge on any atom is -0.490 e. The second-order valence-electron chi connectivity index (χ2n) is 7.71. The number of benzene rings is 2. The van der Waals surface area contributed by atoms with E-state index in [1.165, 1.54) is 13.0 Å². The number of hydrogen-bond donors (Lipinski definition) is 2. The molecule has 1 amide bonds. The number of alkyl halides is 3. The van der Waals surface area contributed by atoms with E-state index in [0.717, 1.165) is 42.7 Å². The van der Waals surface area contributed by atoms with E-state index < -0.39 is 57.1 Å². The van der Waals surface area contributed by atoms with Gasteiger partial charge in [0.2, 0.25) is 15.9 Å². The fourth-order valence-corrected chi connectivity index (χ4v) is 3.41. The summed E-state index contributed by atoms with van der Waals surface area (Å²) < 4.78 is 97.0. The third-order valence-electron chi connectivity index (χ3n) is 4.33. The predicted octanol–water partition coefficient (Wildman–Crippen LogP) is 5.03. The zero-order valence-electron chi connectivity index (χ0n) is 18.6. The van der Waals surface area contributed by atoms with Gasteiger partial charge in [0.15, 0.2) is 11.6 Å². The lowest BCUT2D eigenvalue weighted by Gasteiger charge is -2.16. The van der Waals surface area contributed by atoms with Crippen molar-refractivity contribution in [2.75, 3.05) is 11.0 Å². The first-order chi connectivity index (χ1) is 15.6. The molecule has 0 aliphatic rings. The molecule has 2 aromatic carbocycles. The highest BCUT2D eigenvalue weighted by Crippen LogP contribution is 2.34. The summed E-state index contributed by atoms with van der Waals surface area (Å²) in [5.41, 5.74) is -1.51. The third kappa shape index (κ3) is 7.72. The van der Waals surface area contributed by atoms with Crippen molar-refractivity contribution in [2.45, 2.75) is 39.1 Å². The van der Waals surface area contributed by atoms with E-state index in [9.17, 15) is 35.2 Å². The number of amides is 1. The molecule has 0 saturated heterocycles. The standard InChI is InChI=1S/C22H23F5N2O4S/c1-12(2)33-19-11-16(22(25,26)27)7-5-14(19)6-8-20(30)28-13(3)15-9-17(23)21(18(24)10-15)29-34(4,31)32/h5-13,29H,1-4H3,(H,28,30)/b8-6-/t13-/m1/s1. The molecule has 1 atom stereocenters. The Morgan fingerprint density at radius 1 is 1.06 bits per heavy atom. The van der Waals surface area contributed by atoms with E-state index in [2.05, 4.69) is 5.32 Å². The molecule has 0 aliphatic carbocycles. The summed E-state index contributed by atoms with van der Waals surface area (Å²) in [6.45, 7) is 4.71. The number of nitrogens with one attached hydrogen (secondary N) is 2. The first kappa shape index (κ1) is 27.1. The quantitative estimate of drug-likeness (QED) is 0.389. The van der Waals surface area contributed by atoms with Gasteiger partial charge in [-0.05, 0) is 56.7 Å². The zero-order chi connectivity index (χ0) is 25.8. The molecule has 0 fully saturated rings. The van der Waals surface area contributed by atoms with Gasteiger partial charge in [0.1, 0.15) is 11.4 Å². The Labute approximate surface area is 193 Å². The Morgan fingerprint density at radius 2 is 1.65 bits per heavy atom. The van der Waals surface area contributed by atoms with Gasteiger partial charge in [-0.1, -0.05) is 6.07 Å². The predicted molar refractivity (Wildman–Crippen MR) is 118 cm³/mol. The summed E-state index contributed by atoms with van der Waals surface area (Å²) >= 11 is 0. The van der Waals surface area contributed by atoms with Crippen LogP contribution in [0, 0.1) is 11.6 Å². The normalized spacial score (nSPS) is 13.2. The lowest BCUT2D eigenvalue weighted by atomic mass is 10.1. The molecule has 186 valence electrons. The van der Waals surface area contributed by atoms with E-state index in [1.54, 1.807) is 18.6 Å². The molecular formula is C22H23F5N2O4S. The number of carbonyl (C=O) groups is 1. The summed E-state index contributed by atoms with van der Waals surface area (Å²) in [6.07, 6.45) is -1.96. The number of anilines is 1. The smallest absolute Gasteiger partial charge is 0.416 e. The van der Waals surface area contributed by atoms with E-state index in [0.29, 0.717) is 0 Å². The van der Waals surface area contributed by atoms with Gasteiger partial charge in [-0.3, -0.25) is 9.52 Å². The van der Waals surface area contributed by atoms with Crippen molar-refractivity contribution in [3.05, 3.63) is 64.7 Å². The maximum absolute atomic E-state index is 14.2. The van der Waals surface area contributed by atoms with E-state index in [4.69, 9.17) is 4.74 Å². The molecule has 0 bridgehead atoms. The number of sulfonamides is 1. The number of rotatable bonds is 8. The molecular weight excluding hydrogens is 483 g/mol. The molecule has 0 saturated carbocycles. The zero-order valence-corrected chi connectivity index (χ0v) is 19.4. The summed E-state index contributed by atoms with van der Waals surface area (Å²) in [4.78, 5) is 12.3. The van der Waals surface area contributed by atoms with Gasteiger partial charge < -0.3 is 10.1 Å². The number of carbonyl (C=O) groups excluding carboxylic acids is 1. The van der Waals surface area contributed by atoms with Gasteiger partial charge in [0.25, 0.3) is 0 Å². The first-order valence-electron chi connectivity index (χ1n) is 9.90.